The monoisotopic (exact) mass is 237 g/mol. The molecule has 0 aliphatic carbocycles. The Morgan fingerprint density at radius 2 is 2.12 bits per heavy atom. The fourth-order valence-corrected chi connectivity index (χ4v) is 1.30. The molecule has 17 heavy (non-hydrogen) atoms. The zero-order valence-corrected chi connectivity index (χ0v) is 10.5. The van der Waals surface area contributed by atoms with E-state index in [0.29, 0.717) is 23.6 Å². The first-order valence-corrected chi connectivity index (χ1v) is 5.78. The van der Waals surface area contributed by atoms with Gasteiger partial charge in [-0.2, -0.15) is 0 Å². The first-order valence-electron chi connectivity index (χ1n) is 5.78. The van der Waals surface area contributed by atoms with Gasteiger partial charge in [-0.3, -0.25) is 0 Å². The highest BCUT2D eigenvalue weighted by molar-refractivity contribution is 5.91. The zero-order valence-electron chi connectivity index (χ0n) is 10.5. The first kappa shape index (κ1) is 13.4. The molecule has 0 amide bonds. The Hall–Kier alpha value is -1.71. The van der Waals surface area contributed by atoms with Crippen molar-refractivity contribution in [2.24, 2.45) is 0 Å². The smallest absolute Gasteiger partial charge is 0.338 e. The molecule has 0 aromatic heterocycles. The van der Waals surface area contributed by atoms with Gasteiger partial charge < -0.3 is 15.2 Å². The van der Waals surface area contributed by atoms with Crippen molar-refractivity contribution in [3.8, 4) is 5.75 Å². The maximum Gasteiger partial charge on any atom is 0.338 e. The third kappa shape index (κ3) is 3.98. The molecular formula is C13H19NO3. The van der Waals surface area contributed by atoms with Crippen LogP contribution in [-0.2, 0) is 4.74 Å². The molecule has 0 saturated heterocycles. The molecule has 0 aliphatic rings. The number of rotatable bonds is 5. The van der Waals surface area contributed by atoms with Gasteiger partial charge in [0.1, 0.15) is 5.75 Å². The molecule has 4 nitrogen and oxygen atoms in total. The van der Waals surface area contributed by atoms with E-state index >= 15 is 0 Å². The highest BCUT2D eigenvalue weighted by Gasteiger charge is 2.11. The highest BCUT2D eigenvalue weighted by atomic mass is 16.5. The number of esters is 1. The van der Waals surface area contributed by atoms with Gasteiger partial charge in [0, 0.05) is 0 Å². The van der Waals surface area contributed by atoms with Gasteiger partial charge in [-0.05, 0) is 38.5 Å². The second-order valence-corrected chi connectivity index (χ2v) is 4.06. The largest absolute Gasteiger partial charge is 0.491 e. The second kappa shape index (κ2) is 6.13. The van der Waals surface area contributed by atoms with Gasteiger partial charge in [-0.25, -0.2) is 4.79 Å². The first-order chi connectivity index (χ1) is 8.04. The lowest BCUT2D eigenvalue weighted by molar-refractivity contribution is 0.0378. The Labute approximate surface area is 102 Å². The lowest BCUT2D eigenvalue weighted by Crippen LogP contribution is -2.12. The number of nitrogen functional groups attached to an aromatic ring is 1. The Morgan fingerprint density at radius 1 is 1.41 bits per heavy atom. The summed E-state index contributed by atoms with van der Waals surface area (Å²) in [6, 6.07) is 4.93. The Kier molecular flexibility index (Phi) is 4.82. The molecule has 0 atom stereocenters. The summed E-state index contributed by atoms with van der Waals surface area (Å²) in [5.74, 6) is 0.238. The molecule has 0 spiro atoms. The molecule has 94 valence electrons. The third-order valence-corrected chi connectivity index (χ3v) is 2.05. The standard InChI is InChI=1S/C13H19NO3/c1-4-7-16-12-6-5-10(8-11(12)14)13(15)17-9(2)3/h5-6,8-9H,4,7,14H2,1-3H3. The molecule has 1 aromatic rings. The van der Waals surface area contributed by atoms with Crippen molar-refractivity contribution in [2.75, 3.05) is 12.3 Å². The molecule has 1 aromatic carbocycles. The minimum absolute atomic E-state index is 0.139. The number of hydrogen-bond donors (Lipinski definition) is 1. The number of nitrogens with two attached hydrogens (primary N) is 1. The van der Waals surface area contributed by atoms with Crippen LogP contribution in [0.3, 0.4) is 0 Å². The van der Waals surface area contributed by atoms with E-state index in [1.165, 1.54) is 0 Å². The molecule has 0 radical (unpaired) electrons. The molecular weight excluding hydrogens is 218 g/mol. The van der Waals surface area contributed by atoms with E-state index in [4.69, 9.17) is 15.2 Å². The maximum atomic E-state index is 11.6. The van der Waals surface area contributed by atoms with Crippen molar-refractivity contribution >= 4 is 11.7 Å². The predicted molar refractivity (Wildman–Crippen MR) is 67.2 cm³/mol. The van der Waals surface area contributed by atoms with Crippen LogP contribution in [0, 0.1) is 0 Å². The van der Waals surface area contributed by atoms with E-state index < -0.39 is 0 Å². The fraction of sp³-hybridized carbons (Fsp3) is 0.462. The summed E-state index contributed by atoms with van der Waals surface area (Å²) in [4.78, 5) is 11.6. The Balaban J connectivity index is 2.77. The van der Waals surface area contributed by atoms with Crippen LogP contribution in [0.2, 0.25) is 0 Å². The van der Waals surface area contributed by atoms with Crippen LogP contribution in [0.25, 0.3) is 0 Å². The lowest BCUT2D eigenvalue weighted by Gasteiger charge is -2.11. The zero-order chi connectivity index (χ0) is 12.8. The normalized spacial score (nSPS) is 10.4. The summed E-state index contributed by atoms with van der Waals surface area (Å²) in [5, 5.41) is 0. The van der Waals surface area contributed by atoms with Crippen LogP contribution < -0.4 is 10.5 Å². The van der Waals surface area contributed by atoms with Crippen LogP contribution in [0.4, 0.5) is 5.69 Å². The molecule has 0 unspecified atom stereocenters. The van der Waals surface area contributed by atoms with Gasteiger partial charge >= 0.3 is 5.97 Å². The van der Waals surface area contributed by atoms with Crippen molar-refractivity contribution in [3.63, 3.8) is 0 Å². The topological polar surface area (TPSA) is 61.5 Å². The summed E-state index contributed by atoms with van der Waals surface area (Å²) >= 11 is 0. The van der Waals surface area contributed by atoms with Crippen molar-refractivity contribution in [3.05, 3.63) is 23.8 Å². The Morgan fingerprint density at radius 3 is 2.65 bits per heavy atom. The summed E-state index contributed by atoms with van der Waals surface area (Å²) in [6.07, 6.45) is 0.774. The van der Waals surface area contributed by atoms with Crippen molar-refractivity contribution in [1.29, 1.82) is 0 Å². The quantitative estimate of drug-likeness (QED) is 0.631. The highest BCUT2D eigenvalue weighted by Crippen LogP contribution is 2.23. The number of hydrogen-bond acceptors (Lipinski definition) is 4. The van der Waals surface area contributed by atoms with Gasteiger partial charge in [-0.15, -0.1) is 0 Å². The average molecular weight is 237 g/mol. The molecule has 4 heteroatoms. The van der Waals surface area contributed by atoms with Crippen molar-refractivity contribution in [2.45, 2.75) is 33.3 Å². The van der Waals surface area contributed by atoms with E-state index in [1.54, 1.807) is 32.0 Å². The van der Waals surface area contributed by atoms with Crippen LogP contribution in [0.5, 0.6) is 5.75 Å². The van der Waals surface area contributed by atoms with E-state index in [9.17, 15) is 4.79 Å². The molecule has 0 bridgehead atoms. The predicted octanol–water partition coefficient (Wildman–Crippen LogP) is 2.62. The lowest BCUT2D eigenvalue weighted by atomic mass is 10.2. The van der Waals surface area contributed by atoms with Gasteiger partial charge in [0.05, 0.1) is 24.0 Å². The average Bonchev–Trinajstić information content (AvgIpc) is 2.26. The van der Waals surface area contributed by atoms with Crippen LogP contribution in [0.15, 0.2) is 18.2 Å². The van der Waals surface area contributed by atoms with Gasteiger partial charge in [-0.1, -0.05) is 6.92 Å². The van der Waals surface area contributed by atoms with Crippen LogP contribution in [0.1, 0.15) is 37.6 Å². The van der Waals surface area contributed by atoms with E-state index in [0.717, 1.165) is 6.42 Å². The molecule has 0 heterocycles. The SMILES string of the molecule is CCCOc1ccc(C(=O)OC(C)C)cc1N. The minimum atomic E-state index is -0.367. The summed E-state index contributed by atoms with van der Waals surface area (Å²) in [5.41, 5.74) is 6.70. The molecule has 2 N–H and O–H groups in total. The second-order valence-electron chi connectivity index (χ2n) is 4.06. The molecule has 0 saturated carbocycles. The summed E-state index contributed by atoms with van der Waals surface area (Å²) in [7, 11) is 0. The van der Waals surface area contributed by atoms with Crippen LogP contribution in [-0.4, -0.2) is 18.7 Å². The van der Waals surface area contributed by atoms with Crippen LogP contribution >= 0.6 is 0 Å². The molecule has 0 fully saturated rings. The number of benzene rings is 1. The number of anilines is 1. The Bertz CT molecular complexity index is 388. The van der Waals surface area contributed by atoms with Gasteiger partial charge in [0.15, 0.2) is 0 Å². The third-order valence-electron chi connectivity index (χ3n) is 2.05. The van der Waals surface area contributed by atoms with Gasteiger partial charge in [0.2, 0.25) is 0 Å². The molecule has 0 aliphatic heterocycles. The van der Waals surface area contributed by atoms with Crippen molar-refractivity contribution < 1.29 is 14.3 Å². The van der Waals surface area contributed by atoms with E-state index in [-0.39, 0.29) is 12.1 Å². The number of carbonyl (C=O) groups is 1. The van der Waals surface area contributed by atoms with Gasteiger partial charge in [0.25, 0.3) is 0 Å². The molecule has 1 rings (SSSR count). The summed E-state index contributed by atoms with van der Waals surface area (Å²) < 4.78 is 10.5. The fourth-order valence-electron chi connectivity index (χ4n) is 1.30. The van der Waals surface area contributed by atoms with Crippen molar-refractivity contribution in [1.82, 2.24) is 0 Å². The maximum absolute atomic E-state index is 11.6. The minimum Gasteiger partial charge on any atom is -0.491 e. The van der Waals surface area contributed by atoms with E-state index in [2.05, 4.69) is 0 Å². The number of carbonyl (C=O) groups excluding carboxylic acids is 1. The van der Waals surface area contributed by atoms with E-state index in [1.807, 2.05) is 6.92 Å². The summed E-state index contributed by atoms with van der Waals surface area (Å²) in [6.45, 7) is 6.24. The number of ether oxygens (including phenoxy) is 2.